The van der Waals surface area contributed by atoms with Crippen molar-refractivity contribution in [1.29, 1.82) is 0 Å². The largest absolute Gasteiger partial charge is 0.451 e. The molecule has 0 spiro atoms. The Morgan fingerprint density at radius 3 is 2.47 bits per heavy atom. The molecule has 0 bridgehead atoms. The molecule has 6 nitrogen and oxygen atoms in total. The third kappa shape index (κ3) is 4.59. The number of piperidine rings is 1. The van der Waals surface area contributed by atoms with Gasteiger partial charge >= 0.3 is 0 Å². The van der Waals surface area contributed by atoms with Crippen LogP contribution in [0.1, 0.15) is 41.9 Å². The van der Waals surface area contributed by atoms with E-state index in [0.29, 0.717) is 48.0 Å². The van der Waals surface area contributed by atoms with Gasteiger partial charge in [0.05, 0.1) is 4.90 Å². The molecule has 32 heavy (non-hydrogen) atoms. The number of sulfonamides is 1. The van der Waals surface area contributed by atoms with Crippen LogP contribution in [0.2, 0.25) is 0 Å². The van der Waals surface area contributed by atoms with Crippen molar-refractivity contribution in [3.63, 3.8) is 0 Å². The van der Waals surface area contributed by atoms with Gasteiger partial charge in [0.15, 0.2) is 5.76 Å². The van der Waals surface area contributed by atoms with Crippen LogP contribution in [0.5, 0.6) is 0 Å². The Kier molecular flexibility index (Phi) is 6.40. The standard InChI is InChI=1S/C25H30N2O4S/c1-17-13-18(2)16-27(15-17)32(29,30)21-9-10-23-22(14-21)19(3)24(31-23)25(28)26-12-11-20-7-5-4-6-8-20/h4-10,14,17-18H,11-13,15-16H2,1-3H3,(H,26,28). The number of carbonyl (C=O) groups excluding carboxylic acids is 1. The molecule has 1 saturated heterocycles. The van der Waals surface area contributed by atoms with E-state index < -0.39 is 10.0 Å². The maximum atomic E-state index is 13.3. The summed E-state index contributed by atoms with van der Waals surface area (Å²) in [6, 6.07) is 14.8. The Labute approximate surface area is 189 Å². The molecule has 2 atom stereocenters. The summed E-state index contributed by atoms with van der Waals surface area (Å²) in [5.74, 6) is 0.596. The fraction of sp³-hybridized carbons (Fsp3) is 0.400. The number of hydrogen-bond acceptors (Lipinski definition) is 4. The number of furan rings is 1. The van der Waals surface area contributed by atoms with Gasteiger partial charge in [-0.1, -0.05) is 44.2 Å². The molecule has 0 saturated carbocycles. The van der Waals surface area contributed by atoms with E-state index in [9.17, 15) is 13.2 Å². The number of rotatable bonds is 6. The van der Waals surface area contributed by atoms with Crippen molar-refractivity contribution in [2.24, 2.45) is 11.8 Å². The predicted molar refractivity (Wildman–Crippen MR) is 125 cm³/mol. The second kappa shape index (κ2) is 9.08. The average Bonchev–Trinajstić information content (AvgIpc) is 3.10. The van der Waals surface area contributed by atoms with Crippen molar-refractivity contribution in [2.45, 2.75) is 38.5 Å². The molecular weight excluding hydrogens is 424 g/mol. The number of benzene rings is 2. The first-order valence-corrected chi connectivity index (χ1v) is 12.5. The highest BCUT2D eigenvalue weighted by atomic mass is 32.2. The van der Waals surface area contributed by atoms with Crippen LogP contribution in [-0.2, 0) is 16.4 Å². The van der Waals surface area contributed by atoms with Crippen LogP contribution in [0.25, 0.3) is 11.0 Å². The highest BCUT2D eigenvalue weighted by molar-refractivity contribution is 7.89. The van der Waals surface area contributed by atoms with Crippen LogP contribution in [-0.4, -0.2) is 38.3 Å². The number of amides is 1. The molecule has 170 valence electrons. The van der Waals surface area contributed by atoms with Crippen LogP contribution in [0.4, 0.5) is 0 Å². The van der Waals surface area contributed by atoms with Crippen LogP contribution < -0.4 is 5.32 Å². The van der Waals surface area contributed by atoms with Crippen LogP contribution in [0.15, 0.2) is 57.8 Å². The molecule has 3 aromatic rings. The van der Waals surface area contributed by atoms with Gasteiger partial charge in [0.1, 0.15) is 5.58 Å². The summed E-state index contributed by atoms with van der Waals surface area (Å²) in [5, 5.41) is 3.55. The summed E-state index contributed by atoms with van der Waals surface area (Å²) in [6.07, 6.45) is 1.76. The van der Waals surface area contributed by atoms with E-state index in [-0.39, 0.29) is 16.6 Å². The summed E-state index contributed by atoms with van der Waals surface area (Å²) in [4.78, 5) is 12.9. The van der Waals surface area contributed by atoms with Crippen molar-refractivity contribution in [3.05, 3.63) is 65.4 Å². The number of carbonyl (C=O) groups is 1. The molecule has 1 fully saturated rings. The molecule has 1 aromatic heterocycles. The zero-order chi connectivity index (χ0) is 22.9. The molecular formula is C25H30N2O4S. The highest BCUT2D eigenvalue weighted by Gasteiger charge is 2.32. The van der Waals surface area contributed by atoms with Gasteiger partial charge in [0.25, 0.3) is 5.91 Å². The second-order valence-corrected chi connectivity index (χ2v) is 10.9. The Morgan fingerprint density at radius 1 is 1.09 bits per heavy atom. The minimum absolute atomic E-state index is 0.225. The lowest BCUT2D eigenvalue weighted by Gasteiger charge is -2.34. The summed E-state index contributed by atoms with van der Waals surface area (Å²) < 4.78 is 33.9. The quantitative estimate of drug-likeness (QED) is 0.599. The van der Waals surface area contributed by atoms with Gasteiger partial charge in [-0.25, -0.2) is 8.42 Å². The molecule has 1 amide bonds. The lowest BCUT2D eigenvalue weighted by Crippen LogP contribution is -2.42. The first-order valence-electron chi connectivity index (χ1n) is 11.1. The topological polar surface area (TPSA) is 79.6 Å². The first-order chi connectivity index (χ1) is 15.3. The van der Waals surface area contributed by atoms with Gasteiger partial charge in [-0.3, -0.25) is 4.79 Å². The summed E-state index contributed by atoms with van der Waals surface area (Å²) >= 11 is 0. The molecule has 7 heteroatoms. The molecule has 2 aromatic carbocycles. The Bertz CT molecular complexity index is 1210. The minimum Gasteiger partial charge on any atom is -0.451 e. The number of nitrogens with one attached hydrogen (secondary N) is 1. The Balaban J connectivity index is 1.53. The van der Waals surface area contributed by atoms with Gasteiger partial charge in [0.2, 0.25) is 10.0 Å². The van der Waals surface area contributed by atoms with E-state index in [2.05, 4.69) is 19.2 Å². The smallest absolute Gasteiger partial charge is 0.287 e. The van der Waals surface area contributed by atoms with Gasteiger partial charge < -0.3 is 9.73 Å². The van der Waals surface area contributed by atoms with Gasteiger partial charge in [0, 0.05) is 30.6 Å². The van der Waals surface area contributed by atoms with E-state index in [1.807, 2.05) is 30.3 Å². The molecule has 4 rings (SSSR count). The van der Waals surface area contributed by atoms with E-state index in [4.69, 9.17) is 4.42 Å². The number of aryl methyl sites for hydroxylation is 1. The normalized spacial score (nSPS) is 19.8. The number of fused-ring (bicyclic) bond motifs is 1. The van der Waals surface area contributed by atoms with Gasteiger partial charge in [-0.05, 0) is 55.4 Å². The fourth-order valence-corrected chi connectivity index (χ4v) is 6.28. The van der Waals surface area contributed by atoms with Crippen LogP contribution in [0.3, 0.4) is 0 Å². The van der Waals surface area contributed by atoms with E-state index in [0.717, 1.165) is 18.4 Å². The van der Waals surface area contributed by atoms with Crippen molar-refractivity contribution in [3.8, 4) is 0 Å². The maximum Gasteiger partial charge on any atom is 0.287 e. The lowest BCUT2D eigenvalue weighted by molar-refractivity contribution is 0.0927. The predicted octanol–water partition coefficient (Wildman–Crippen LogP) is 4.38. The van der Waals surface area contributed by atoms with Crippen molar-refractivity contribution >= 4 is 26.9 Å². The molecule has 1 aliphatic rings. The maximum absolute atomic E-state index is 13.3. The van der Waals surface area contributed by atoms with Crippen LogP contribution >= 0.6 is 0 Å². The van der Waals surface area contributed by atoms with E-state index in [1.54, 1.807) is 29.4 Å². The molecule has 0 radical (unpaired) electrons. The second-order valence-electron chi connectivity index (χ2n) is 8.97. The monoisotopic (exact) mass is 454 g/mol. The minimum atomic E-state index is -3.60. The van der Waals surface area contributed by atoms with E-state index in [1.165, 1.54) is 0 Å². The fourth-order valence-electron chi connectivity index (χ4n) is 4.57. The SMILES string of the molecule is Cc1c(C(=O)NCCc2ccccc2)oc2ccc(S(=O)(=O)N3CC(C)CC(C)C3)cc12. The lowest BCUT2D eigenvalue weighted by atomic mass is 9.94. The number of nitrogens with zero attached hydrogens (tertiary/aromatic N) is 1. The Hall–Kier alpha value is -2.64. The molecule has 2 unspecified atom stereocenters. The van der Waals surface area contributed by atoms with Crippen molar-refractivity contribution in [2.75, 3.05) is 19.6 Å². The zero-order valence-corrected chi connectivity index (χ0v) is 19.6. The number of hydrogen-bond donors (Lipinski definition) is 1. The first kappa shape index (κ1) is 22.6. The zero-order valence-electron chi connectivity index (χ0n) is 18.8. The summed E-state index contributed by atoms with van der Waals surface area (Å²) in [5.41, 5.74) is 2.30. The average molecular weight is 455 g/mol. The third-order valence-electron chi connectivity index (χ3n) is 6.13. The van der Waals surface area contributed by atoms with Gasteiger partial charge in [-0.2, -0.15) is 4.31 Å². The molecule has 1 aliphatic heterocycles. The third-order valence-corrected chi connectivity index (χ3v) is 7.96. The molecule has 2 heterocycles. The van der Waals surface area contributed by atoms with Crippen molar-refractivity contribution in [1.82, 2.24) is 9.62 Å². The highest BCUT2D eigenvalue weighted by Crippen LogP contribution is 2.31. The molecule has 0 aliphatic carbocycles. The van der Waals surface area contributed by atoms with Gasteiger partial charge in [-0.15, -0.1) is 0 Å². The Morgan fingerprint density at radius 2 is 1.78 bits per heavy atom. The summed E-state index contributed by atoms with van der Waals surface area (Å²) in [6.45, 7) is 7.52. The summed E-state index contributed by atoms with van der Waals surface area (Å²) in [7, 11) is -3.60. The van der Waals surface area contributed by atoms with E-state index >= 15 is 0 Å². The van der Waals surface area contributed by atoms with Crippen molar-refractivity contribution < 1.29 is 17.6 Å². The molecule has 1 N–H and O–H groups in total. The van der Waals surface area contributed by atoms with Crippen LogP contribution in [0, 0.1) is 18.8 Å².